The molecular formula is C14H20FN. The topological polar surface area (TPSA) is 3.24 Å². The number of nitrogens with zero attached hydrogens (tertiary/aromatic N) is 1. The summed E-state index contributed by atoms with van der Waals surface area (Å²) in [5, 5.41) is 0. The van der Waals surface area contributed by atoms with E-state index in [1.165, 1.54) is 31.2 Å². The van der Waals surface area contributed by atoms with Gasteiger partial charge in [-0.2, -0.15) is 0 Å². The molecule has 0 aliphatic carbocycles. The fourth-order valence-corrected chi connectivity index (χ4v) is 2.35. The number of benzene rings is 1. The van der Waals surface area contributed by atoms with E-state index in [-0.39, 0.29) is 5.82 Å². The lowest BCUT2D eigenvalue weighted by Crippen LogP contribution is -2.24. The molecule has 0 spiro atoms. The molecule has 1 nitrogen and oxygen atoms in total. The van der Waals surface area contributed by atoms with Crippen molar-refractivity contribution in [2.24, 2.45) is 0 Å². The summed E-state index contributed by atoms with van der Waals surface area (Å²) in [6.45, 7) is 5.29. The molecule has 1 aromatic rings. The molecule has 2 heteroatoms. The summed E-state index contributed by atoms with van der Waals surface area (Å²) in [5.41, 5.74) is 2.34. The molecule has 0 atom stereocenters. The van der Waals surface area contributed by atoms with Crippen molar-refractivity contribution in [3.8, 4) is 0 Å². The van der Waals surface area contributed by atoms with Crippen LogP contribution in [0.5, 0.6) is 0 Å². The molecule has 0 radical (unpaired) electrons. The van der Waals surface area contributed by atoms with E-state index in [1.54, 1.807) is 12.1 Å². The van der Waals surface area contributed by atoms with Crippen molar-refractivity contribution in [1.82, 2.24) is 4.90 Å². The number of aryl methyl sites for hydroxylation is 1. The highest BCUT2D eigenvalue weighted by Gasteiger charge is 2.10. The fourth-order valence-electron chi connectivity index (χ4n) is 2.35. The second-order valence-electron chi connectivity index (χ2n) is 4.76. The van der Waals surface area contributed by atoms with Crippen molar-refractivity contribution >= 4 is 0 Å². The van der Waals surface area contributed by atoms with Crippen LogP contribution in [0.15, 0.2) is 18.2 Å². The summed E-state index contributed by atoms with van der Waals surface area (Å²) < 4.78 is 13.2. The average Bonchev–Trinajstić information content (AvgIpc) is 2.52. The highest BCUT2D eigenvalue weighted by Crippen LogP contribution is 2.16. The zero-order valence-corrected chi connectivity index (χ0v) is 10.0. The van der Waals surface area contributed by atoms with Crippen molar-refractivity contribution in [1.29, 1.82) is 0 Å². The Balaban J connectivity index is 2.04. The van der Waals surface area contributed by atoms with Crippen LogP contribution in [0, 0.1) is 12.7 Å². The van der Waals surface area contributed by atoms with Gasteiger partial charge < -0.3 is 0 Å². The van der Waals surface area contributed by atoms with Crippen LogP contribution in [0.2, 0.25) is 0 Å². The molecule has 1 aliphatic heterocycles. The molecule has 16 heavy (non-hydrogen) atoms. The van der Waals surface area contributed by atoms with Gasteiger partial charge in [-0.3, -0.25) is 4.90 Å². The molecule has 2 rings (SSSR count). The van der Waals surface area contributed by atoms with Gasteiger partial charge in [0.2, 0.25) is 0 Å². The maximum absolute atomic E-state index is 13.2. The highest BCUT2D eigenvalue weighted by molar-refractivity contribution is 5.26. The number of halogens is 1. The zero-order valence-electron chi connectivity index (χ0n) is 10.0. The minimum absolute atomic E-state index is 0.115. The Morgan fingerprint density at radius 1 is 1.12 bits per heavy atom. The normalized spacial score (nSPS) is 18.4. The van der Waals surface area contributed by atoms with E-state index in [9.17, 15) is 4.39 Å². The Bertz CT molecular complexity index is 341. The maximum atomic E-state index is 13.2. The largest absolute Gasteiger partial charge is 0.299 e. The third-order valence-electron chi connectivity index (χ3n) is 3.40. The van der Waals surface area contributed by atoms with Gasteiger partial charge in [-0.25, -0.2) is 4.39 Å². The van der Waals surface area contributed by atoms with E-state index in [0.29, 0.717) is 0 Å². The van der Waals surface area contributed by atoms with Crippen LogP contribution in [0.3, 0.4) is 0 Å². The highest BCUT2D eigenvalue weighted by atomic mass is 19.1. The zero-order chi connectivity index (χ0) is 11.4. The van der Waals surface area contributed by atoms with Gasteiger partial charge in [-0.15, -0.1) is 0 Å². The molecule has 1 heterocycles. The lowest BCUT2D eigenvalue weighted by molar-refractivity contribution is 0.276. The van der Waals surface area contributed by atoms with Gasteiger partial charge in [0.1, 0.15) is 5.82 Å². The average molecular weight is 221 g/mol. The van der Waals surface area contributed by atoms with Gasteiger partial charge >= 0.3 is 0 Å². The lowest BCUT2D eigenvalue weighted by Gasteiger charge is -2.20. The molecule has 0 N–H and O–H groups in total. The second-order valence-corrected chi connectivity index (χ2v) is 4.76. The molecule has 1 aromatic carbocycles. The Morgan fingerprint density at radius 2 is 1.81 bits per heavy atom. The van der Waals surface area contributed by atoms with E-state index in [2.05, 4.69) is 11.8 Å². The van der Waals surface area contributed by atoms with E-state index in [4.69, 9.17) is 0 Å². The molecule has 0 amide bonds. The Hall–Kier alpha value is -0.890. The van der Waals surface area contributed by atoms with Crippen LogP contribution in [0.1, 0.15) is 36.8 Å². The number of likely N-dealkylation sites (tertiary alicyclic amines) is 1. The van der Waals surface area contributed by atoms with Crippen LogP contribution < -0.4 is 0 Å². The lowest BCUT2D eigenvalue weighted by atomic mass is 10.1. The van der Waals surface area contributed by atoms with Crippen LogP contribution in [0.4, 0.5) is 4.39 Å². The predicted octanol–water partition coefficient (Wildman–Crippen LogP) is 3.51. The van der Waals surface area contributed by atoms with Crippen molar-refractivity contribution in [2.75, 3.05) is 13.1 Å². The van der Waals surface area contributed by atoms with E-state index >= 15 is 0 Å². The smallest absolute Gasteiger partial charge is 0.123 e. The van der Waals surface area contributed by atoms with Gasteiger partial charge in [-0.1, -0.05) is 18.9 Å². The molecule has 0 aromatic heterocycles. The first-order chi connectivity index (χ1) is 7.75. The summed E-state index contributed by atoms with van der Waals surface area (Å²) in [4.78, 5) is 2.45. The first kappa shape index (κ1) is 11.6. The summed E-state index contributed by atoms with van der Waals surface area (Å²) in [6, 6.07) is 5.10. The molecular weight excluding hydrogens is 201 g/mol. The van der Waals surface area contributed by atoms with Crippen molar-refractivity contribution < 1.29 is 4.39 Å². The molecule has 0 bridgehead atoms. The van der Waals surface area contributed by atoms with E-state index < -0.39 is 0 Å². The first-order valence-corrected chi connectivity index (χ1v) is 6.23. The number of rotatable bonds is 2. The quantitative estimate of drug-likeness (QED) is 0.738. The summed E-state index contributed by atoms with van der Waals surface area (Å²) in [7, 11) is 0. The monoisotopic (exact) mass is 221 g/mol. The molecule has 1 fully saturated rings. The summed E-state index contributed by atoms with van der Waals surface area (Å²) in [5.74, 6) is -0.115. The van der Waals surface area contributed by atoms with E-state index in [1.807, 2.05) is 6.07 Å². The van der Waals surface area contributed by atoms with Crippen LogP contribution in [-0.2, 0) is 6.54 Å². The van der Waals surface area contributed by atoms with Gasteiger partial charge in [0, 0.05) is 6.54 Å². The van der Waals surface area contributed by atoms with Crippen LogP contribution in [-0.4, -0.2) is 18.0 Å². The third kappa shape index (κ3) is 3.05. The summed E-state index contributed by atoms with van der Waals surface area (Å²) in [6.07, 6.45) is 5.26. The van der Waals surface area contributed by atoms with Crippen molar-refractivity contribution in [2.45, 2.75) is 39.2 Å². The van der Waals surface area contributed by atoms with Gasteiger partial charge in [0.15, 0.2) is 0 Å². The van der Waals surface area contributed by atoms with Gasteiger partial charge in [-0.05, 0) is 56.1 Å². The van der Waals surface area contributed by atoms with Crippen LogP contribution >= 0.6 is 0 Å². The Labute approximate surface area is 97.3 Å². The number of hydrogen-bond donors (Lipinski definition) is 0. The van der Waals surface area contributed by atoms with Crippen LogP contribution in [0.25, 0.3) is 0 Å². The first-order valence-electron chi connectivity index (χ1n) is 6.23. The van der Waals surface area contributed by atoms with E-state index in [0.717, 1.165) is 25.2 Å². The van der Waals surface area contributed by atoms with Crippen molar-refractivity contribution in [3.63, 3.8) is 0 Å². The fraction of sp³-hybridized carbons (Fsp3) is 0.571. The molecule has 0 saturated carbocycles. The second kappa shape index (κ2) is 5.44. The third-order valence-corrected chi connectivity index (χ3v) is 3.40. The Morgan fingerprint density at radius 3 is 2.50 bits per heavy atom. The molecule has 1 aliphatic rings. The minimum Gasteiger partial charge on any atom is -0.299 e. The summed E-state index contributed by atoms with van der Waals surface area (Å²) >= 11 is 0. The van der Waals surface area contributed by atoms with Gasteiger partial charge in [0.05, 0.1) is 0 Å². The van der Waals surface area contributed by atoms with Gasteiger partial charge in [0.25, 0.3) is 0 Å². The molecule has 1 saturated heterocycles. The predicted molar refractivity (Wildman–Crippen MR) is 64.9 cm³/mol. The molecule has 88 valence electrons. The Kier molecular flexibility index (Phi) is 3.94. The standard InChI is InChI=1S/C14H20FN/c1-12-6-7-14(15)10-13(12)11-16-8-4-2-3-5-9-16/h6-7,10H,2-5,8-9,11H2,1H3. The maximum Gasteiger partial charge on any atom is 0.123 e. The number of hydrogen-bond acceptors (Lipinski definition) is 1. The van der Waals surface area contributed by atoms with Crippen molar-refractivity contribution in [3.05, 3.63) is 35.1 Å². The minimum atomic E-state index is -0.115. The SMILES string of the molecule is Cc1ccc(F)cc1CN1CCCCCC1. The molecule has 0 unspecified atom stereocenters.